The van der Waals surface area contributed by atoms with Crippen LogP contribution >= 0.6 is 11.6 Å². The van der Waals surface area contributed by atoms with Crippen molar-refractivity contribution in [3.8, 4) is 0 Å². The van der Waals surface area contributed by atoms with Crippen molar-refractivity contribution >= 4 is 23.2 Å². The molecule has 2 rings (SSSR count). The maximum atomic E-state index is 11.7. The fraction of sp³-hybridized carbons (Fsp3) is 0.273. The zero-order valence-corrected chi connectivity index (χ0v) is 11.5. The summed E-state index contributed by atoms with van der Waals surface area (Å²) in [6, 6.07) is 1.63. The summed E-state index contributed by atoms with van der Waals surface area (Å²) in [5.41, 5.74) is 4.54. The second-order valence-electron chi connectivity index (χ2n) is 4.07. The van der Waals surface area contributed by atoms with E-state index < -0.39 is 5.91 Å². The average Bonchev–Trinajstić information content (AvgIpc) is 2.92. The quantitative estimate of drug-likeness (QED) is 0.655. The zero-order chi connectivity index (χ0) is 14.0. The lowest BCUT2D eigenvalue weighted by Gasteiger charge is -1.98. The lowest BCUT2D eigenvalue weighted by atomic mass is 10.3. The molecular weight excluding hydrogens is 268 g/mol. The molecule has 0 spiro atoms. The molecule has 0 aliphatic carbocycles. The van der Waals surface area contributed by atoms with E-state index in [2.05, 4.69) is 25.8 Å². The van der Waals surface area contributed by atoms with Crippen molar-refractivity contribution in [1.29, 1.82) is 0 Å². The minimum absolute atomic E-state index is 0.279. The fourth-order valence-corrected chi connectivity index (χ4v) is 1.80. The Bertz CT molecular complexity index is 641. The average molecular weight is 281 g/mol. The van der Waals surface area contributed by atoms with E-state index in [1.807, 2.05) is 6.92 Å². The molecule has 2 aromatic heterocycles. The van der Waals surface area contributed by atoms with Gasteiger partial charge in [-0.3, -0.25) is 14.6 Å². The third kappa shape index (κ3) is 3.00. The number of nitrogens with one attached hydrogen (secondary N) is 2. The molecule has 100 valence electrons. The van der Waals surface area contributed by atoms with E-state index in [0.29, 0.717) is 16.4 Å². The van der Waals surface area contributed by atoms with Gasteiger partial charge in [-0.15, -0.1) is 0 Å². The predicted octanol–water partition coefficient (Wildman–Crippen LogP) is 1.26. The Balaban J connectivity index is 2.10. The molecule has 2 heterocycles. The van der Waals surface area contributed by atoms with E-state index >= 15 is 0 Å². The van der Waals surface area contributed by atoms with Crippen molar-refractivity contribution in [2.45, 2.75) is 13.8 Å². The van der Waals surface area contributed by atoms with Crippen molar-refractivity contribution < 1.29 is 4.79 Å². The van der Waals surface area contributed by atoms with Crippen LogP contribution in [0.15, 0.2) is 17.4 Å². The molecule has 0 bridgehead atoms. The van der Waals surface area contributed by atoms with Gasteiger partial charge >= 0.3 is 0 Å². The summed E-state index contributed by atoms with van der Waals surface area (Å²) < 4.78 is 1.58. The molecule has 0 aliphatic heterocycles. The van der Waals surface area contributed by atoms with E-state index in [1.54, 1.807) is 30.9 Å². The van der Waals surface area contributed by atoms with E-state index in [-0.39, 0.29) is 5.69 Å². The summed E-state index contributed by atoms with van der Waals surface area (Å²) in [5.74, 6) is -0.393. The van der Waals surface area contributed by atoms with E-state index in [1.165, 1.54) is 0 Å². The molecule has 0 radical (unpaired) electrons. The molecule has 0 aromatic carbocycles. The third-order valence-corrected chi connectivity index (χ3v) is 2.67. The van der Waals surface area contributed by atoms with Crippen LogP contribution in [0.2, 0.25) is 5.02 Å². The molecule has 0 atom stereocenters. The first-order valence-electron chi connectivity index (χ1n) is 5.53. The van der Waals surface area contributed by atoms with Crippen molar-refractivity contribution in [3.63, 3.8) is 0 Å². The van der Waals surface area contributed by atoms with Gasteiger partial charge in [0.25, 0.3) is 5.91 Å². The number of aryl methyl sites for hydroxylation is 2. The first kappa shape index (κ1) is 13.3. The number of hydrogen-bond donors (Lipinski definition) is 2. The number of hydrogen-bond acceptors (Lipinski definition) is 4. The summed E-state index contributed by atoms with van der Waals surface area (Å²) in [5, 5.41) is 15.1. The highest BCUT2D eigenvalue weighted by atomic mass is 35.5. The van der Waals surface area contributed by atoms with Crippen LogP contribution < -0.4 is 5.43 Å². The maximum absolute atomic E-state index is 11.7. The number of carbonyl (C=O) groups excluding carboxylic acids is 1. The summed E-state index contributed by atoms with van der Waals surface area (Å²) in [7, 11) is 1.76. The second-order valence-corrected chi connectivity index (χ2v) is 4.48. The van der Waals surface area contributed by atoms with Gasteiger partial charge in [0, 0.05) is 18.9 Å². The van der Waals surface area contributed by atoms with Crippen LogP contribution in [0.25, 0.3) is 0 Å². The molecule has 0 fully saturated rings. The highest BCUT2D eigenvalue weighted by Crippen LogP contribution is 2.13. The number of carbonyl (C=O) groups is 1. The first-order valence-corrected chi connectivity index (χ1v) is 5.91. The number of hydrazone groups is 1. The van der Waals surface area contributed by atoms with E-state index in [4.69, 9.17) is 11.6 Å². The Morgan fingerprint density at radius 3 is 2.84 bits per heavy atom. The van der Waals surface area contributed by atoms with Gasteiger partial charge < -0.3 is 0 Å². The minimum Gasteiger partial charge on any atom is -0.282 e. The smallest absolute Gasteiger partial charge is 0.282 e. The first-order chi connectivity index (χ1) is 8.97. The molecule has 0 saturated carbocycles. The molecule has 1 amide bonds. The van der Waals surface area contributed by atoms with Crippen LogP contribution in [0.4, 0.5) is 0 Å². The van der Waals surface area contributed by atoms with Crippen molar-refractivity contribution in [2.24, 2.45) is 12.1 Å². The van der Waals surface area contributed by atoms with Gasteiger partial charge in [-0.05, 0) is 19.9 Å². The van der Waals surface area contributed by atoms with Gasteiger partial charge in [0.05, 0.1) is 10.7 Å². The monoisotopic (exact) mass is 280 g/mol. The summed E-state index contributed by atoms with van der Waals surface area (Å²) in [4.78, 5) is 11.7. The number of rotatable bonds is 3. The molecular formula is C11H13ClN6O. The highest BCUT2D eigenvalue weighted by Gasteiger charge is 2.11. The maximum Gasteiger partial charge on any atom is 0.291 e. The zero-order valence-electron chi connectivity index (χ0n) is 10.7. The lowest BCUT2D eigenvalue weighted by Crippen LogP contribution is -2.20. The Morgan fingerprint density at radius 2 is 2.32 bits per heavy atom. The Morgan fingerprint density at radius 1 is 1.58 bits per heavy atom. The van der Waals surface area contributed by atoms with Gasteiger partial charge in [0.2, 0.25) is 0 Å². The largest absolute Gasteiger partial charge is 0.291 e. The molecule has 7 nitrogen and oxygen atoms in total. The van der Waals surface area contributed by atoms with E-state index in [0.717, 1.165) is 5.69 Å². The van der Waals surface area contributed by atoms with E-state index in [9.17, 15) is 4.79 Å². The molecule has 2 N–H and O–H groups in total. The van der Waals surface area contributed by atoms with Crippen LogP contribution in [-0.2, 0) is 7.05 Å². The molecule has 0 unspecified atom stereocenters. The van der Waals surface area contributed by atoms with Crippen molar-refractivity contribution in [2.75, 3.05) is 0 Å². The molecule has 2 aromatic rings. The summed E-state index contributed by atoms with van der Waals surface area (Å²) in [6.45, 7) is 3.52. The normalized spacial score (nSPS) is 11.7. The summed E-state index contributed by atoms with van der Waals surface area (Å²) >= 11 is 5.98. The minimum atomic E-state index is -0.393. The molecule has 0 saturated heterocycles. The van der Waals surface area contributed by atoms with Crippen LogP contribution in [0.1, 0.15) is 28.8 Å². The van der Waals surface area contributed by atoms with Crippen molar-refractivity contribution in [1.82, 2.24) is 25.4 Å². The predicted molar refractivity (Wildman–Crippen MR) is 71.2 cm³/mol. The number of nitrogens with zero attached hydrogens (tertiary/aromatic N) is 4. The topological polar surface area (TPSA) is 88.0 Å². The number of H-pyrrole nitrogens is 1. The molecule has 8 heteroatoms. The van der Waals surface area contributed by atoms with Crippen LogP contribution in [0.5, 0.6) is 0 Å². The van der Waals surface area contributed by atoms with Gasteiger partial charge in [-0.25, -0.2) is 5.43 Å². The number of aromatic amines is 1. The van der Waals surface area contributed by atoms with Gasteiger partial charge in [0.15, 0.2) is 5.69 Å². The number of halogens is 1. The van der Waals surface area contributed by atoms with Crippen LogP contribution in [0, 0.1) is 6.92 Å². The van der Waals surface area contributed by atoms with Crippen LogP contribution in [0.3, 0.4) is 0 Å². The Labute approximate surface area is 114 Å². The van der Waals surface area contributed by atoms with Gasteiger partial charge in [-0.1, -0.05) is 11.6 Å². The second kappa shape index (κ2) is 5.23. The standard InChI is InChI=1S/C11H13ClN6O/c1-6-4-9(15-13-6)11(19)16-14-7(2)10-8(12)5-18(3)17-10/h4-5H,1-3H3,(H,13,15)(H,16,19)/b14-7+. The SMILES string of the molecule is C/C(=N\NC(=O)c1cc(C)[nH]n1)c1nn(C)cc1Cl. The van der Waals surface area contributed by atoms with Crippen molar-refractivity contribution in [3.05, 3.63) is 34.4 Å². The Kier molecular flexibility index (Phi) is 3.66. The Hall–Kier alpha value is -2.15. The third-order valence-electron chi connectivity index (χ3n) is 2.39. The lowest BCUT2D eigenvalue weighted by molar-refractivity contribution is 0.0950. The number of amides is 1. The number of aromatic nitrogens is 4. The molecule has 19 heavy (non-hydrogen) atoms. The molecule has 0 aliphatic rings. The fourth-order valence-electron chi connectivity index (χ4n) is 1.48. The van der Waals surface area contributed by atoms with Gasteiger partial charge in [0.1, 0.15) is 5.69 Å². The van der Waals surface area contributed by atoms with Crippen LogP contribution in [-0.4, -0.2) is 31.6 Å². The summed E-state index contributed by atoms with van der Waals surface area (Å²) in [6.07, 6.45) is 1.66. The highest BCUT2D eigenvalue weighted by molar-refractivity contribution is 6.33. The van der Waals surface area contributed by atoms with Gasteiger partial charge in [-0.2, -0.15) is 15.3 Å².